The van der Waals surface area contributed by atoms with Crippen molar-refractivity contribution < 1.29 is 9.59 Å². The first kappa shape index (κ1) is 15.1. The average molecular weight is 325 g/mol. The molecule has 0 atom stereocenters. The third kappa shape index (κ3) is 3.67. The highest BCUT2D eigenvalue weighted by Crippen LogP contribution is 2.16. The number of imide groups is 1. The van der Waals surface area contributed by atoms with Crippen LogP contribution in [-0.2, 0) is 0 Å². The van der Waals surface area contributed by atoms with Crippen LogP contribution in [0.1, 0.15) is 10.4 Å². The maximum atomic E-state index is 12.2. The van der Waals surface area contributed by atoms with Crippen molar-refractivity contribution in [3.05, 3.63) is 77.3 Å². The number of hydrogen-bond acceptors (Lipinski definition) is 2. The zero-order valence-electron chi connectivity index (χ0n) is 12.0. The summed E-state index contributed by atoms with van der Waals surface area (Å²) < 4.78 is 0. The van der Waals surface area contributed by atoms with E-state index in [1.54, 1.807) is 36.4 Å². The van der Waals surface area contributed by atoms with Gasteiger partial charge in [-0.1, -0.05) is 48.0 Å². The monoisotopic (exact) mass is 324 g/mol. The third-order valence-electron chi connectivity index (χ3n) is 3.32. The topological polar surface area (TPSA) is 58.2 Å². The number of hydrogen-bond donors (Lipinski definition) is 2. The Bertz CT molecular complexity index is 893. The van der Waals surface area contributed by atoms with Crippen LogP contribution in [-0.4, -0.2) is 11.9 Å². The van der Waals surface area contributed by atoms with Crippen molar-refractivity contribution in [1.29, 1.82) is 0 Å². The summed E-state index contributed by atoms with van der Waals surface area (Å²) in [5.41, 5.74) is 0.936. The SMILES string of the molecule is O=C(NC(=O)c1ccc2ccccc2c1)Nc1cccc(Cl)c1. The van der Waals surface area contributed by atoms with E-state index in [1.807, 2.05) is 30.3 Å². The predicted molar refractivity (Wildman–Crippen MR) is 91.9 cm³/mol. The zero-order valence-corrected chi connectivity index (χ0v) is 12.8. The molecule has 0 bridgehead atoms. The highest BCUT2D eigenvalue weighted by molar-refractivity contribution is 6.30. The summed E-state index contributed by atoms with van der Waals surface area (Å²) in [5, 5.41) is 7.34. The van der Waals surface area contributed by atoms with Gasteiger partial charge in [0.05, 0.1) is 0 Å². The molecule has 0 aromatic heterocycles. The highest BCUT2D eigenvalue weighted by Gasteiger charge is 2.11. The van der Waals surface area contributed by atoms with E-state index in [1.165, 1.54) is 0 Å². The standard InChI is InChI=1S/C18H13ClN2O2/c19-15-6-3-7-16(11-15)20-18(23)21-17(22)14-9-8-12-4-1-2-5-13(12)10-14/h1-11H,(H2,20,21,22,23). The molecule has 114 valence electrons. The molecule has 3 aromatic rings. The Hall–Kier alpha value is -2.85. The Morgan fingerprint density at radius 2 is 1.61 bits per heavy atom. The van der Waals surface area contributed by atoms with Crippen LogP contribution in [0.4, 0.5) is 10.5 Å². The molecular weight excluding hydrogens is 312 g/mol. The minimum absolute atomic E-state index is 0.421. The molecule has 0 heterocycles. The average Bonchev–Trinajstić information content (AvgIpc) is 2.54. The van der Waals surface area contributed by atoms with Crippen molar-refractivity contribution in [2.75, 3.05) is 5.32 Å². The van der Waals surface area contributed by atoms with Gasteiger partial charge in [0.25, 0.3) is 5.91 Å². The number of urea groups is 1. The molecule has 3 rings (SSSR count). The number of fused-ring (bicyclic) bond motifs is 1. The first-order valence-corrected chi connectivity index (χ1v) is 7.36. The van der Waals surface area contributed by atoms with Crippen molar-refractivity contribution in [1.82, 2.24) is 5.32 Å². The van der Waals surface area contributed by atoms with Crippen molar-refractivity contribution in [2.45, 2.75) is 0 Å². The Morgan fingerprint density at radius 3 is 2.39 bits per heavy atom. The van der Waals surface area contributed by atoms with Crippen molar-refractivity contribution in [3.63, 3.8) is 0 Å². The third-order valence-corrected chi connectivity index (χ3v) is 3.56. The Kier molecular flexibility index (Phi) is 4.26. The van der Waals surface area contributed by atoms with E-state index in [0.717, 1.165) is 10.8 Å². The smallest absolute Gasteiger partial charge is 0.308 e. The summed E-state index contributed by atoms with van der Waals surface area (Å²) >= 11 is 5.85. The molecule has 0 saturated carbocycles. The molecule has 0 radical (unpaired) electrons. The largest absolute Gasteiger partial charge is 0.326 e. The zero-order chi connectivity index (χ0) is 16.2. The minimum Gasteiger partial charge on any atom is -0.308 e. The van der Waals surface area contributed by atoms with Crippen molar-refractivity contribution in [2.24, 2.45) is 0 Å². The number of rotatable bonds is 2. The summed E-state index contributed by atoms with van der Waals surface area (Å²) in [5.74, 6) is -0.463. The molecular formula is C18H13ClN2O2. The second-order valence-corrected chi connectivity index (χ2v) is 5.42. The van der Waals surface area contributed by atoms with E-state index in [9.17, 15) is 9.59 Å². The fourth-order valence-corrected chi connectivity index (χ4v) is 2.42. The maximum absolute atomic E-state index is 12.2. The van der Waals surface area contributed by atoms with Crippen LogP contribution in [0.2, 0.25) is 5.02 Å². The second-order valence-electron chi connectivity index (χ2n) is 4.98. The van der Waals surface area contributed by atoms with Crippen molar-refractivity contribution >= 4 is 40.0 Å². The number of carbonyl (C=O) groups is 2. The fraction of sp³-hybridized carbons (Fsp3) is 0. The van der Waals surface area contributed by atoms with E-state index in [2.05, 4.69) is 10.6 Å². The van der Waals surface area contributed by atoms with Crippen molar-refractivity contribution in [3.8, 4) is 0 Å². The molecule has 0 saturated heterocycles. The number of halogens is 1. The Morgan fingerprint density at radius 1 is 0.826 bits per heavy atom. The summed E-state index contributed by atoms with van der Waals surface area (Å²) in [7, 11) is 0. The van der Waals surface area contributed by atoms with Crippen LogP contribution < -0.4 is 10.6 Å². The van der Waals surface area contributed by atoms with Gasteiger partial charge in [-0.05, 0) is 41.1 Å². The molecule has 2 N–H and O–H groups in total. The van der Waals surface area contributed by atoms with E-state index in [0.29, 0.717) is 16.3 Å². The molecule has 3 aromatic carbocycles. The number of nitrogens with one attached hydrogen (secondary N) is 2. The summed E-state index contributed by atoms with van der Waals surface area (Å²) in [6.07, 6.45) is 0. The molecule has 0 spiro atoms. The first-order chi connectivity index (χ1) is 11.1. The molecule has 23 heavy (non-hydrogen) atoms. The lowest BCUT2D eigenvalue weighted by molar-refractivity contribution is 0.0967. The number of anilines is 1. The Balaban J connectivity index is 1.71. The van der Waals surface area contributed by atoms with Gasteiger partial charge in [0.1, 0.15) is 0 Å². The van der Waals surface area contributed by atoms with E-state index in [-0.39, 0.29) is 0 Å². The van der Waals surface area contributed by atoms with Crippen LogP contribution >= 0.6 is 11.6 Å². The van der Waals surface area contributed by atoms with Crippen LogP contribution in [0.15, 0.2) is 66.7 Å². The minimum atomic E-state index is -0.606. The number of amides is 3. The lowest BCUT2D eigenvalue weighted by Gasteiger charge is -2.07. The van der Waals surface area contributed by atoms with E-state index in [4.69, 9.17) is 11.6 Å². The molecule has 4 nitrogen and oxygen atoms in total. The second kappa shape index (κ2) is 6.50. The van der Waals surface area contributed by atoms with Gasteiger partial charge in [-0.3, -0.25) is 10.1 Å². The molecule has 0 aliphatic carbocycles. The lowest BCUT2D eigenvalue weighted by atomic mass is 10.1. The van der Waals surface area contributed by atoms with Crippen LogP contribution in [0.25, 0.3) is 10.8 Å². The maximum Gasteiger partial charge on any atom is 0.326 e. The number of benzene rings is 3. The van der Waals surface area contributed by atoms with Gasteiger partial charge in [-0.15, -0.1) is 0 Å². The van der Waals surface area contributed by atoms with Gasteiger partial charge in [0.15, 0.2) is 0 Å². The van der Waals surface area contributed by atoms with E-state index < -0.39 is 11.9 Å². The Labute approximate surface area is 138 Å². The van der Waals surface area contributed by atoms with Gasteiger partial charge in [-0.2, -0.15) is 0 Å². The fourth-order valence-electron chi connectivity index (χ4n) is 2.23. The molecule has 5 heteroatoms. The van der Waals surface area contributed by atoms with Crippen LogP contribution in [0, 0.1) is 0 Å². The summed E-state index contributed by atoms with van der Waals surface area (Å²) in [6, 6.07) is 19.1. The lowest BCUT2D eigenvalue weighted by Crippen LogP contribution is -2.34. The highest BCUT2D eigenvalue weighted by atomic mass is 35.5. The summed E-state index contributed by atoms with van der Waals surface area (Å²) in [4.78, 5) is 24.0. The van der Waals surface area contributed by atoms with Crippen LogP contribution in [0.5, 0.6) is 0 Å². The van der Waals surface area contributed by atoms with Gasteiger partial charge in [0.2, 0.25) is 0 Å². The summed E-state index contributed by atoms with van der Waals surface area (Å²) in [6.45, 7) is 0. The van der Waals surface area contributed by atoms with Gasteiger partial charge < -0.3 is 5.32 Å². The van der Waals surface area contributed by atoms with Gasteiger partial charge in [-0.25, -0.2) is 4.79 Å². The number of carbonyl (C=O) groups excluding carboxylic acids is 2. The predicted octanol–water partition coefficient (Wildman–Crippen LogP) is 4.46. The van der Waals surface area contributed by atoms with Crippen LogP contribution in [0.3, 0.4) is 0 Å². The molecule has 0 fully saturated rings. The molecule has 0 aliphatic rings. The van der Waals surface area contributed by atoms with Gasteiger partial charge >= 0.3 is 6.03 Å². The van der Waals surface area contributed by atoms with E-state index >= 15 is 0 Å². The first-order valence-electron chi connectivity index (χ1n) is 6.98. The molecule has 0 aliphatic heterocycles. The quantitative estimate of drug-likeness (QED) is 0.731. The molecule has 0 unspecified atom stereocenters. The van der Waals surface area contributed by atoms with Gasteiger partial charge in [0, 0.05) is 16.3 Å². The molecule has 3 amide bonds. The normalized spacial score (nSPS) is 10.3.